The molecule has 0 spiro atoms. The van der Waals surface area contributed by atoms with E-state index in [4.69, 9.17) is 4.74 Å². The van der Waals surface area contributed by atoms with E-state index in [1.807, 2.05) is 60.7 Å². The van der Waals surface area contributed by atoms with E-state index in [9.17, 15) is 4.79 Å². The Balaban J connectivity index is 1.41. The maximum Gasteiger partial charge on any atom is 0.251 e. The van der Waals surface area contributed by atoms with Crippen molar-refractivity contribution in [3.63, 3.8) is 0 Å². The van der Waals surface area contributed by atoms with Crippen molar-refractivity contribution in [1.29, 1.82) is 0 Å². The summed E-state index contributed by atoms with van der Waals surface area (Å²) in [5, 5.41) is 4.39. The van der Waals surface area contributed by atoms with Gasteiger partial charge in [0.2, 0.25) is 0 Å². The second-order valence-corrected chi connectivity index (χ2v) is 6.77. The Kier molecular flexibility index (Phi) is 5.64. The molecule has 4 rings (SSSR count). The van der Waals surface area contributed by atoms with E-state index >= 15 is 0 Å². The van der Waals surface area contributed by atoms with Crippen molar-refractivity contribution >= 4 is 23.7 Å². The van der Waals surface area contributed by atoms with Gasteiger partial charge in [-0.3, -0.25) is 4.79 Å². The number of rotatable bonds is 5. The first-order valence-corrected chi connectivity index (χ1v) is 9.51. The van der Waals surface area contributed by atoms with Gasteiger partial charge in [0.25, 0.3) is 5.91 Å². The standard InChI is InChI=1S/C23H23N3O2/c27-23(18-20-7-4-8-22(17-20)25-13-15-28-16-14-25)26-12-11-21(24-26)10-9-19-5-2-1-3-6-19/h1-12,17H,13-16,18H2. The summed E-state index contributed by atoms with van der Waals surface area (Å²) in [5.41, 5.74) is 3.99. The van der Waals surface area contributed by atoms with Gasteiger partial charge in [0, 0.05) is 25.0 Å². The van der Waals surface area contributed by atoms with Crippen LogP contribution in [0.3, 0.4) is 0 Å². The summed E-state index contributed by atoms with van der Waals surface area (Å²) in [6.07, 6.45) is 5.95. The van der Waals surface area contributed by atoms with Crippen LogP contribution in [-0.2, 0) is 11.2 Å². The number of morpholine rings is 1. The fourth-order valence-electron chi connectivity index (χ4n) is 3.25. The van der Waals surface area contributed by atoms with Gasteiger partial charge >= 0.3 is 0 Å². The molecule has 2 heterocycles. The summed E-state index contributed by atoms with van der Waals surface area (Å²) in [5.74, 6) is -0.0431. The predicted octanol–water partition coefficient (Wildman–Crippen LogP) is 3.77. The third kappa shape index (κ3) is 4.56. The number of benzene rings is 2. The monoisotopic (exact) mass is 373 g/mol. The normalized spacial score (nSPS) is 14.5. The van der Waals surface area contributed by atoms with E-state index in [2.05, 4.69) is 22.1 Å². The third-order valence-electron chi connectivity index (χ3n) is 4.75. The minimum Gasteiger partial charge on any atom is -0.378 e. The molecule has 2 aromatic carbocycles. The van der Waals surface area contributed by atoms with Crippen LogP contribution >= 0.6 is 0 Å². The van der Waals surface area contributed by atoms with Crippen molar-refractivity contribution in [2.24, 2.45) is 0 Å². The number of carbonyl (C=O) groups excluding carboxylic acids is 1. The van der Waals surface area contributed by atoms with Gasteiger partial charge in [-0.1, -0.05) is 48.5 Å². The molecule has 1 aliphatic rings. The Hall–Kier alpha value is -3.18. The molecular weight excluding hydrogens is 350 g/mol. The number of hydrogen-bond acceptors (Lipinski definition) is 4. The van der Waals surface area contributed by atoms with E-state index in [1.165, 1.54) is 4.68 Å². The van der Waals surface area contributed by atoms with Gasteiger partial charge in [0.1, 0.15) is 0 Å². The molecule has 1 aromatic heterocycles. The lowest BCUT2D eigenvalue weighted by Crippen LogP contribution is -2.36. The third-order valence-corrected chi connectivity index (χ3v) is 4.75. The first-order valence-electron chi connectivity index (χ1n) is 9.51. The average molecular weight is 373 g/mol. The van der Waals surface area contributed by atoms with Gasteiger partial charge in [-0.15, -0.1) is 0 Å². The number of anilines is 1. The van der Waals surface area contributed by atoms with Gasteiger partial charge in [0.05, 0.1) is 25.3 Å². The Bertz CT molecular complexity index is 957. The largest absolute Gasteiger partial charge is 0.378 e. The van der Waals surface area contributed by atoms with Crippen LogP contribution in [0.5, 0.6) is 0 Å². The van der Waals surface area contributed by atoms with Crippen molar-refractivity contribution < 1.29 is 9.53 Å². The molecule has 1 saturated heterocycles. The summed E-state index contributed by atoms with van der Waals surface area (Å²) in [6, 6.07) is 20.0. The molecule has 1 aliphatic heterocycles. The molecule has 0 radical (unpaired) electrons. The minimum absolute atomic E-state index is 0.0431. The van der Waals surface area contributed by atoms with Crippen LogP contribution in [0.25, 0.3) is 12.2 Å². The molecule has 5 nitrogen and oxygen atoms in total. The maximum absolute atomic E-state index is 12.6. The molecule has 0 saturated carbocycles. The van der Waals surface area contributed by atoms with E-state index < -0.39 is 0 Å². The summed E-state index contributed by atoms with van der Waals surface area (Å²) in [6.45, 7) is 3.26. The molecule has 0 aliphatic carbocycles. The van der Waals surface area contributed by atoms with Crippen molar-refractivity contribution in [2.75, 3.05) is 31.2 Å². The van der Waals surface area contributed by atoms with Gasteiger partial charge in [-0.2, -0.15) is 5.10 Å². The van der Waals surface area contributed by atoms with Gasteiger partial charge < -0.3 is 9.64 Å². The first kappa shape index (κ1) is 18.2. The Morgan fingerprint density at radius 3 is 2.64 bits per heavy atom. The van der Waals surface area contributed by atoms with Crippen LogP contribution in [0.4, 0.5) is 5.69 Å². The second kappa shape index (κ2) is 8.67. The van der Waals surface area contributed by atoms with Gasteiger partial charge in [-0.25, -0.2) is 4.68 Å². The second-order valence-electron chi connectivity index (χ2n) is 6.77. The molecule has 1 fully saturated rings. The van der Waals surface area contributed by atoms with Crippen LogP contribution in [0.1, 0.15) is 21.6 Å². The summed E-state index contributed by atoms with van der Waals surface area (Å²) >= 11 is 0. The molecule has 0 unspecified atom stereocenters. The Labute approximate surface area is 164 Å². The molecule has 142 valence electrons. The quantitative estimate of drug-likeness (QED) is 0.683. The molecular formula is C23H23N3O2. The maximum atomic E-state index is 12.6. The van der Waals surface area contributed by atoms with E-state index in [-0.39, 0.29) is 5.91 Å². The fourth-order valence-corrected chi connectivity index (χ4v) is 3.25. The molecule has 0 N–H and O–H groups in total. The van der Waals surface area contributed by atoms with Crippen LogP contribution < -0.4 is 4.90 Å². The molecule has 0 atom stereocenters. The molecule has 0 bridgehead atoms. The van der Waals surface area contributed by atoms with Gasteiger partial charge in [0.15, 0.2) is 0 Å². The van der Waals surface area contributed by atoms with Crippen molar-refractivity contribution in [2.45, 2.75) is 6.42 Å². The average Bonchev–Trinajstić information content (AvgIpc) is 3.23. The Morgan fingerprint density at radius 1 is 1.00 bits per heavy atom. The zero-order valence-electron chi connectivity index (χ0n) is 15.7. The number of carbonyl (C=O) groups is 1. The van der Waals surface area contributed by atoms with Crippen LogP contribution in [0.15, 0.2) is 66.9 Å². The molecule has 0 amide bonds. The Morgan fingerprint density at radius 2 is 1.82 bits per heavy atom. The number of hydrogen-bond donors (Lipinski definition) is 0. The van der Waals surface area contributed by atoms with E-state index in [1.54, 1.807) is 6.20 Å². The van der Waals surface area contributed by atoms with Crippen LogP contribution in [0, 0.1) is 0 Å². The zero-order valence-corrected chi connectivity index (χ0v) is 15.7. The molecule has 28 heavy (non-hydrogen) atoms. The topological polar surface area (TPSA) is 47.4 Å². The molecule has 3 aromatic rings. The predicted molar refractivity (Wildman–Crippen MR) is 111 cm³/mol. The fraction of sp³-hybridized carbons (Fsp3) is 0.217. The first-order chi connectivity index (χ1) is 13.8. The lowest BCUT2D eigenvalue weighted by Gasteiger charge is -2.29. The minimum atomic E-state index is -0.0431. The lowest BCUT2D eigenvalue weighted by molar-refractivity contribution is 0.0898. The highest BCUT2D eigenvalue weighted by atomic mass is 16.5. The smallest absolute Gasteiger partial charge is 0.251 e. The van der Waals surface area contributed by atoms with Crippen molar-refractivity contribution in [1.82, 2.24) is 9.78 Å². The summed E-state index contributed by atoms with van der Waals surface area (Å²) < 4.78 is 6.83. The lowest BCUT2D eigenvalue weighted by atomic mass is 10.1. The van der Waals surface area contributed by atoms with Crippen molar-refractivity contribution in [3.05, 3.63) is 83.7 Å². The van der Waals surface area contributed by atoms with Gasteiger partial charge in [-0.05, 0) is 35.4 Å². The van der Waals surface area contributed by atoms with E-state index in [0.717, 1.165) is 48.8 Å². The highest BCUT2D eigenvalue weighted by Gasteiger charge is 2.13. The molecule has 5 heteroatoms. The zero-order chi connectivity index (χ0) is 19.2. The highest BCUT2D eigenvalue weighted by Crippen LogP contribution is 2.18. The van der Waals surface area contributed by atoms with E-state index in [0.29, 0.717) is 6.42 Å². The summed E-state index contributed by atoms with van der Waals surface area (Å²) in [4.78, 5) is 14.9. The number of aromatic nitrogens is 2. The van der Waals surface area contributed by atoms with Crippen molar-refractivity contribution in [3.8, 4) is 0 Å². The van der Waals surface area contributed by atoms with Crippen LogP contribution in [0.2, 0.25) is 0 Å². The highest BCUT2D eigenvalue weighted by molar-refractivity contribution is 5.81. The SMILES string of the molecule is O=C(Cc1cccc(N2CCOCC2)c1)n1ccc(C=Cc2ccccc2)n1. The van der Waals surface area contributed by atoms with Crippen LogP contribution in [-0.4, -0.2) is 42.0 Å². The summed E-state index contributed by atoms with van der Waals surface area (Å²) in [7, 11) is 0. The number of ether oxygens (including phenoxy) is 1. The number of nitrogens with zero attached hydrogens (tertiary/aromatic N) is 3.